The molecule has 4 nitrogen and oxygen atoms in total. The summed E-state index contributed by atoms with van der Waals surface area (Å²) < 4.78 is 5.28. The zero-order chi connectivity index (χ0) is 11.4. The van der Waals surface area contributed by atoms with Crippen molar-refractivity contribution in [2.24, 2.45) is 11.7 Å². The van der Waals surface area contributed by atoms with Crippen LogP contribution in [0.1, 0.15) is 38.5 Å². The minimum absolute atomic E-state index is 0.119. The smallest absolute Gasteiger partial charge is 0.221 e. The Bertz CT molecular complexity index is 245. The van der Waals surface area contributed by atoms with Crippen LogP contribution in [-0.2, 0) is 9.53 Å². The fraction of sp³-hybridized carbons (Fsp3) is 0.917. The highest BCUT2D eigenvalue weighted by Crippen LogP contribution is 2.31. The first-order valence-electron chi connectivity index (χ1n) is 6.31. The molecule has 0 spiro atoms. The molecule has 0 aromatic heterocycles. The van der Waals surface area contributed by atoms with Crippen molar-refractivity contribution in [2.75, 3.05) is 19.8 Å². The van der Waals surface area contributed by atoms with Gasteiger partial charge >= 0.3 is 0 Å². The third-order valence-corrected chi connectivity index (χ3v) is 3.79. The van der Waals surface area contributed by atoms with E-state index in [0.29, 0.717) is 12.3 Å². The highest BCUT2D eigenvalue weighted by Gasteiger charge is 2.34. The van der Waals surface area contributed by atoms with Crippen molar-refractivity contribution >= 4 is 5.91 Å². The second-order valence-electron chi connectivity index (χ2n) is 5.25. The topological polar surface area (TPSA) is 64.4 Å². The van der Waals surface area contributed by atoms with Gasteiger partial charge in [0.2, 0.25) is 5.91 Å². The standard InChI is InChI=1S/C12H22N2O2/c13-12(4-1-5-12)8-11(15)14-9-10-2-6-16-7-3-10/h10H,1-9,13H2,(H,14,15). The fourth-order valence-corrected chi connectivity index (χ4v) is 2.40. The van der Waals surface area contributed by atoms with E-state index < -0.39 is 0 Å². The molecule has 1 aliphatic heterocycles. The number of ether oxygens (including phenoxy) is 1. The third kappa shape index (κ3) is 3.19. The van der Waals surface area contributed by atoms with Crippen molar-refractivity contribution < 1.29 is 9.53 Å². The SMILES string of the molecule is NC1(CC(=O)NCC2CCOCC2)CCC1. The molecule has 1 amide bonds. The van der Waals surface area contributed by atoms with Gasteiger partial charge in [0.25, 0.3) is 0 Å². The third-order valence-electron chi connectivity index (χ3n) is 3.79. The minimum Gasteiger partial charge on any atom is -0.381 e. The van der Waals surface area contributed by atoms with E-state index in [1.165, 1.54) is 6.42 Å². The Labute approximate surface area is 96.9 Å². The van der Waals surface area contributed by atoms with Crippen molar-refractivity contribution in [3.05, 3.63) is 0 Å². The quantitative estimate of drug-likeness (QED) is 0.745. The Balaban J connectivity index is 1.63. The zero-order valence-electron chi connectivity index (χ0n) is 9.84. The van der Waals surface area contributed by atoms with E-state index >= 15 is 0 Å². The van der Waals surface area contributed by atoms with Crippen LogP contribution in [0.5, 0.6) is 0 Å². The maximum atomic E-state index is 11.7. The molecule has 2 fully saturated rings. The van der Waals surface area contributed by atoms with Gasteiger partial charge in [-0.1, -0.05) is 0 Å². The summed E-state index contributed by atoms with van der Waals surface area (Å²) in [6.07, 6.45) is 5.79. The average Bonchev–Trinajstić information content (AvgIpc) is 2.26. The Kier molecular flexibility index (Phi) is 3.82. The maximum Gasteiger partial charge on any atom is 0.221 e. The lowest BCUT2D eigenvalue weighted by Gasteiger charge is -2.37. The molecular weight excluding hydrogens is 204 g/mol. The summed E-state index contributed by atoms with van der Waals surface area (Å²) >= 11 is 0. The molecule has 1 saturated carbocycles. The van der Waals surface area contributed by atoms with Crippen LogP contribution in [0.25, 0.3) is 0 Å². The summed E-state index contributed by atoms with van der Waals surface area (Å²) in [4.78, 5) is 11.7. The molecule has 1 saturated heterocycles. The molecule has 0 bridgehead atoms. The maximum absolute atomic E-state index is 11.7. The summed E-state index contributed by atoms with van der Waals surface area (Å²) in [6, 6.07) is 0. The van der Waals surface area contributed by atoms with Crippen LogP contribution in [0, 0.1) is 5.92 Å². The lowest BCUT2D eigenvalue weighted by atomic mass is 9.75. The summed E-state index contributed by atoms with van der Waals surface area (Å²) in [6.45, 7) is 2.46. The molecule has 16 heavy (non-hydrogen) atoms. The van der Waals surface area contributed by atoms with Gasteiger partial charge in [-0.15, -0.1) is 0 Å². The highest BCUT2D eigenvalue weighted by atomic mass is 16.5. The number of amides is 1. The molecule has 0 aromatic rings. The monoisotopic (exact) mass is 226 g/mol. The van der Waals surface area contributed by atoms with Crippen LogP contribution in [-0.4, -0.2) is 31.2 Å². The largest absolute Gasteiger partial charge is 0.381 e. The summed E-state index contributed by atoms with van der Waals surface area (Å²) in [5.41, 5.74) is 5.84. The van der Waals surface area contributed by atoms with Gasteiger partial charge in [-0.3, -0.25) is 4.79 Å². The molecular formula is C12H22N2O2. The molecule has 2 aliphatic rings. The van der Waals surface area contributed by atoms with Gasteiger partial charge < -0.3 is 15.8 Å². The fourth-order valence-electron chi connectivity index (χ4n) is 2.40. The van der Waals surface area contributed by atoms with Gasteiger partial charge in [-0.2, -0.15) is 0 Å². The van der Waals surface area contributed by atoms with E-state index in [1.54, 1.807) is 0 Å². The zero-order valence-corrected chi connectivity index (χ0v) is 9.84. The van der Waals surface area contributed by atoms with Crippen LogP contribution in [0.2, 0.25) is 0 Å². The first-order valence-corrected chi connectivity index (χ1v) is 6.31. The van der Waals surface area contributed by atoms with Gasteiger partial charge in [0.15, 0.2) is 0 Å². The highest BCUT2D eigenvalue weighted by molar-refractivity contribution is 5.77. The van der Waals surface area contributed by atoms with Crippen molar-refractivity contribution in [2.45, 2.75) is 44.1 Å². The molecule has 1 heterocycles. The molecule has 3 N–H and O–H groups in total. The molecule has 1 aliphatic carbocycles. The van der Waals surface area contributed by atoms with Gasteiger partial charge in [-0.25, -0.2) is 0 Å². The number of hydrogen-bond acceptors (Lipinski definition) is 3. The molecule has 0 unspecified atom stereocenters. The number of nitrogens with two attached hydrogens (primary N) is 1. The second-order valence-corrected chi connectivity index (χ2v) is 5.25. The number of nitrogens with one attached hydrogen (secondary N) is 1. The summed E-state index contributed by atoms with van der Waals surface area (Å²) in [7, 11) is 0. The molecule has 4 heteroatoms. The number of carbonyl (C=O) groups is 1. The van der Waals surface area contributed by atoms with Crippen LogP contribution >= 0.6 is 0 Å². The van der Waals surface area contributed by atoms with Crippen LogP contribution in [0.3, 0.4) is 0 Å². The molecule has 0 radical (unpaired) electrons. The number of hydrogen-bond donors (Lipinski definition) is 2. The van der Waals surface area contributed by atoms with E-state index in [2.05, 4.69) is 5.32 Å². The average molecular weight is 226 g/mol. The number of carbonyl (C=O) groups excluding carboxylic acids is 1. The van der Waals surface area contributed by atoms with Gasteiger partial charge in [-0.05, 0) is 38.0 Å². The Hall–Kier alpha value is -0.610. The second kappa shape index (κ2) is 5.15. The van der Waals surface area contributed by atoms with E-state index in [1.807, 2.05) is 0 Å². The van der Waals surface area contributed by atoms with Gasteiger partial charge in [0, 0.05) is 31.7 Å². The Morgan fingerprint density at radius 1 is 1.38 bits per heavy atom. The predicted octanol–water partition coefficient (Wildman–Crippen LogP) is 0.801. The summed E-state index contributed by atoms with van der Waals surface area (Å²) in [5.74, 6) is 0.710. The van der Waals surface area contributed by atoms with E-state index in [4.69, 9.17) is 10.5 Å². The van der Waals surface area contributed by atoms with Crippen molar-refractivity contribution in [1.82, 2.24) is 5.32 Å². The first-order chi connectivity index (χ1) is 7.68. The van der Waals surface area contributed by atoms with Crippen LogP contribution in [0.15, 0.2) is 0 Å². The molecule has 92 valence electrons. The van der Waals surface area contributed by atoms with Crippen LogP contribution in [0.4, 0.5) is 0 Å². The lowest BCUT2D eigenvalue weighted by molar-refractivity contribution is -0.123. The molecule has 0 aromatic carbocycles. The van der Waals surface area contributed by atoms with E-state index in [9.17, 15) is 4.79 Å². The predicted molar refractivity (Wildman–Crippen MR) is 61.9 cm³/mol. The Morgan fingerprint density at radius 3 is 2.62 bits per heavy atom. The first kappa shape index (κ1) is 11.9. The van der Waals surface area contributed by atoms with Gasteiger partial charge in [0.05, 0.1) is 0 Å². The Morgan fingerprint density at radius 2 is 2.06 bits per heavy atom. The molecule has 0 atom stereocenters. The number of rotatable bonds is 4. The summed E-state index contributed by atoms with van der Waals surface area (Å²) in [5, 5.41) is 3.00. The van der Waals surface area contributed by atoms with E-state index in [-0.39, 0.29) is 11.4 Å². The van der Waals surface area contributed by atoms with Crippen molar-refractivity contribution in [3.8, 4) is 0 Å². The van der Waals surface area contributed by atoms with Gasteiger partial charge in [0.1, 0.15) is 0 Å². The van der Waals surface area contributed by atoms with Crippen molar-refractivity contribution in [3.63, 3.8) is 0 Å². The normalized spacial score (nSPS) is 24.8. The minimum atomic E-state index is -0.195. The van der Waals surface area contributed by atoms with Crippen molar-refractivity contribution in [1.29, 1.82) is 0 Å². The van der Waals surface area contributed by atoms with Crippen LogP contribution < -0.4 is 11.1 Å². The molecule has 2 rings (SSSR count). The van der Waals surface area contributed by atoms with E-state index in [0.717, 1.165) is 45.4 Å². The lowest BCUT2D eigenvalue weighted by Crippen LogP contribution is -2.50.